The summed E-state index contributed by atoms with van der Waals surface area (Å²) in [5, 5.41) is 9.97. The highest BCUT2D eigenvalue weighted by Crippen LogP contribution is 2.15. The summed E-state index contributed by atoms with van der Waals surface area (Å²) in [7, 11) is 0. The van der Waals surface area contributed by atoms with E-state index in [0.717, 1.165) is 0 Å². The molecule has 0 saturated heterocycles. The van der Waals surface area contributed by atoms with Crippen LogP contribution in [0.4, 0.5) is 11.4 Å². The van der Waals surface area contributed by atoms with E-state index >= 15 is 0 Å². The second kappa shape index (κ2) is 8.10. The average molecular weight is 359 g/mol. The number of hydrogen-bond acceptors (Lipinski definition) is 9. The lowest BCUT2D eigenvalue weighted by Gasteiger charge is -2.16. The number of ketones is 1. The standard InChI is InChI=1S/C17H17N3O6/c18-11-7-3-1-5-9(11)14(21)15(22)13(20)17(24)26-25-16(23)10-6-2-4-8-12(10)19/h1-8,13,15,22H,18-20H2. The number of rotatable bonds is 5. The number of nitrogen functional groups attached to an aromatic ring is 2. The minimum atomic E-state index is -1.94. The van der Waals surface area contributed by atoms with E-state index in [-0.39, 0.29) is 22.5 Å². The van der Waals surface area contributed by atoms with Gasteiger partial charge in [-0.2, -0.15) is 0 Å². The van der Waals surface area contributed by atoms with Gasteiger partial charge >= 0.3 is 11.9 Å². The number of carbonyl (C=O) groups is 3. The maximum atomic E-state index is 12.2. The van der Waals surface area contributed by atoms with Crippen LogP contribution in [0.15, 0.2) is 48.5 Å². The van der Waals surface area contributed by atoms with Crippen molar-refractivity contribution in [3.05, 3.63) is 59.7 Å². The topological polar surface area (TPSA) is 168 Å². The number of para-hydroxylation sites is 2. The Hall–Kier alpha value is -3.43. The van der Waals surface area contributed by atoms with E-state index in [1.165, 1.54) is 36.4 Å². The van der Waals surface area contributed by atoms with Crippen molar-refractivity contribution in [1.29, 1.82) is 0 Å². The van der Waals surface area contributed by atoms with E-state index in [1.54, 1.807) is 12.1 Å². The van der Waals surface area contributed by atoms with Crippen molar-refractivity contribution in [1.82, 2.24) is 0 Å². The number of aliphatic hydroxyl groups excluding tert-OH is 1. The van der Waals surface area contributed by atoms with Gasteiger partial charge in [-0.1, -0.05) is 24.3 Å². The lowest BCUT2D eigenvalue weighted by molar-refractivity contribution is -0.236. The first kappa shape index (κ1) is 18.9. The highest BCUT2D eigenvalue weighted by molar-refractivity contribution is 6.06. The Kier molecular flexibility index (Phi) is 5.89. The Morgan fingerprint density at radius 3 is 1.88 bits per heavy atom. The maximum absolute atomic E-state index is 12.2. The summed E-state index contributed by atoms with van der Waals surface area (Å²) in [5.41, 5.74) is 16.9. The molecule has 0 fully saturated rings. The molecule has 9 heteroatoms. The highest BCUT2D eigenvalue weighted by atomic mass is 17.2. The van der Waals surface area contributed by atoms with E-state index in [4.69, 9.17) is 17.2 Å². The van der Waals surface area contributed by atoms with Crippen molar-refractivity contribution in [3.63, 3.8) is 0 Å². The molecular weight excluding hydrogens is 342 g/mol. The Morgan fingerprint density at radius 1 is 0.846 bits per heavy atom. The van der Waals surface area contributed by atoms with Gasteiger partial charge in [0, 0.05) is 16.9 Å². The van der Waals surface area contributed by atoms with Crippen molar-refractivity contribution < 1.29 is 29.3 Å². The van der Waals surface area contributed by atoms with Gasteiger partial charge in [-0.15, -0.1) is 0 Å². The van der Waals surface area contributed by atoms with Gasteiger partial charge < -0.3 is 22.3 Å². The molecule has 2 atom stereocenters. The van der Waals surface area contributed by atoms with E-state index in [2.05, 4.69) is 9.78 Å². The Balaban J connectivity index is 1.98. The van der Waals surface area contributed by atoms with Crippen LogP contribution in [0.1, 0.15) is 20.7 Å². The first-order valence-electron chi connectivity index (χ1n) is 7.42. The Labute approximate surface area is 148 Å². The summed E-state index contributed by atoms with van der Waals surface area (Å²) in [5.74, 6) is -3.22. The fraction of sp³-hybridized carbons (Fsp3) is 0.118. The van der Waals surface area contributed by atoms with Crippen LogP contribution < -0.4 is 17.2 Å². The molecule has 0 bridgehead atoms. The van der Waals surface area contributed by atoms with Crippen LogP contribution in [0.2, 0.25) is 0 Å². The van der Waals surface area contributed by atoms with E-state index in [9.17, 15) is 19.5 Å². The first-order chi connectivity index (χ1) is 12.3. The SMILES string of the molecule is Nc1ccccc1C(=O)OOC(=O)C(N)C(O)C(=O)c1ccccc1N. The smallest absolute Gasteiger partial charge is 0.388 e. The summed E-state index contributed by atoms with van der Waals surface area (Å²) in [6.45, 7) is 0. The molecule has 9 nitrogen and oxygen atoms in total. The fourth-order valence-electron chi connectivity index (χ4n) is 2.03. The van der Waals surface area contributed by atoms with Crippen molar-refractivity contribution in [2.75, 3.05) is 11.5 Å². The zero-order chi connectivity index (χ0) is 19.3. The average Bonchev–Trinajstić information content (AvgIpc) is 2.64. The molecule has 0 heterocycles. The van der Waals surface area contributed by atoms with E-state index in [1.807, 2.05) is 0 Å². The molecule has 0 aliphatic heterocycles. The lowest BCUT2D eigenvalue weighted by Crippen LogP contribution is -2.47. The molecule has 2 unspecified atom stereocenters. The van der Waals surface area contributed by atoms with Crippen LogP contribution in [0.25, 0.3) is 0 Å². The van der Waals surface area contributed by atoms with Crippen molar-refractivity contribution >= 4 is 29.1 Å². The molecule has 136 valence electrons. The zero-order valence-electron chi connectivity index (χ0n) is 13.5. The van der Waals surface area contributed by atoms with Gasteiger partial charge in [-0.05, 0) is 24.3 Å². The molecular formula is C17H17N3O6. The summed E-state index contributed by atoms with van der Waals surface area (Å²) in [4.78, 5) is 44.5. The minimum Gasteiger partial charge on any atom is -0.398 e. The summed E-state index contributed by atoms with van der Waals surface area (Å²) in [6.07, 6.45) is -1.94. The van der Waals surface area contributed by atoms with Gasteiger partial charge in [0.2, 0.25) is 0 Å². The highest BCUT2D eigenvalue weighted by Gasteiger charge is 2.33. The molecule has 0 spiro atoms. The van der Waals surface area contributed by atoms with Crippen LogP contribution in [0, 0.1) is 0 Å². The molecule has 2 aromatic rings. The van der Waals surface area contributed by atoms with E-state index < -0.39 is 29.9 Å². The normalized spacial score (nSPS) is 12.7. The summed E-state index contributed by atoms with van der Waals surface area (Å²) < 4.78 is 0. The molecule has 0 saturated carbocycles. The number of nitrogens with two attached hydrogens (primary N) is 3. The molecule has 2 aromatic carbocycles. The van der Waals surface area contributed by atoms with Crippen LogP contribution in [-0.4, -0.2) is 35.0 Å². The first-order valence-corrected chi connectivity index (χ1v) is 7.42. The molecule has 0 radical (unpaired) electrons. The van der Waals surface area contributed by atoms with Crippen LogP contribution in [0.5, 0.6) is 0 Å². The minimum absolute atomic E-state index is 0.00250. The van der Waals surface area contributed by atoms with Gasteiger partial charge in [0.15, 0.2) is 5.78 Å². The number of hydrogen-bond donors (Lipinski definition) is 4. The number of benzene rings is 2. The fourth-order valence-corrected chi connectivity index (χ4v) is 2.03. The predicted molar refractivity (Wildman–Crippen MR) is 91.5 cm³/mol. The van der Waals surface area contributed by atoms with Crippen LogP contribution in [0.3, 0.4) is 0 Å². The molecule has 7 N–H and O–H groups in total. The Morgan fingerprint density at radius 2 is 1.35 bits per heavy atom. The van der Waals surface area contributed by atoms with Gasteiger partial charge in [0.25, 0.3) is 0 Å². The third-order valence-corrected chi connectivity index (χ3v) is 3.49. The number of carbonyl (C=O) groups excluding carboxylic acids is 3. The third-order valence-electron chi connectivity index (χ3n) is 3.49. The Bertz CT molecular complexity index is 839. The van der Waals surface area contributed by atoms with Gasteiger partial charge in [0.1, 0.15) is 12.1 Å². The quantitative estimate of drug-likeness (QED) is 0.249. The van der Waals surface area contributed by atoms with E-state index in [0.29, 0.717) is 0 Å². The second-order valence-corrected chi connectivity index (χ2v) is 5.28. The number of Topliss-reactive ketones (excluding diaryl/α,β-unsaturated/α-hetero) is 1. The monoisotopic (exact) mass is 359 g/mol. The van der Waals surface area contributed by atoms with Crippen molar-refractivity contribution in [3.8, 4) is 0 Å². The van der Waals surface area contributed by atoms with Crippen molar-refractivity contribution in [2.24, 2.45) is 5.73 Å². The summed E-state index contributed by atoms with van der Waals surface area (Å²) >= 11 is 0. The van der Waals surface area contributed by atoms with Crippen LogP contribution >= 0.6 is 0 Å². The number of anilines is 2. The summed E-state index contributed by atoms with van der Waals surface area (Å²) in [6, 6.07) is 10.1. The second-order valence-electron chi connectivity index (χ2n) is 5.28. The third kappa shape index (κ3) is 4.15. The molecule has 2 rings (SSSR count). The van der Waals surface area contributed by atoms with Gasteiger partial charge in [-0.3, -0.25) is 4.79 Å². The van der Waals surface area contributed by atoms with Crippen LogP contribution in [-0.2, 0) is 14.6 Å². The lowest BCUT2D eigenvalue weighted by atomic mass is 10.00. The molecule has 0 amide bonds. The largest absolute Gasteiger partial charge is 0.398 e. The molecule has 0 aliphatic carbocycles. The van der Waals surface area contributed by atoms with Gasteiger partial charge in [0.05, 0.1) is 5.56 Å². The molecule has 0 aliphatic rings. The van der Waals surface area contributed by atoms with Crippen molar-refractivity contribution in [2.45, 2.75) is 12.1 Å². The zero-order valence-corrected chi connectivity index (χ0v) is 13.5. The molecule has 26 heavy (non-hydrogen) atoms. The van der Waals surface area contributed by atoms with Gasteiger partial charge in [-0.25, -0.2) is 19.4 Å². The molecule has 0 aromatic heterocycles. The maximum Gasteiger partial charge on any atom is 0.388 e. The number of aliphatic hydroxyl groups is 1. The predicted octanol–water partition coefficient (Wildman–Crippen LogP) is 0.0371.